The number of non-ortho nitro benzene ring substituents is 1. The highest BCUT2D eigenvalue weighted by molar-refractivity contribution is 5.32. The van der Waals surface area contributed by atoms with Crippen LogP contribution >= 0.6 is 0 Å². The summed E-state index contributed by atoms with van der Waals surface area (Å²) in [4.78, 5) is 10.2. The molecule has 0 aromatic heterocycles. The molecular formula is C14H20N2O3. The van der Waals surface area contributed by atoms with Crippen molar-refractivity contribution in [3.8, 4) is 0 Å². The Morgan fingerprint density at radius 3 is 2.63 bits per heavy atom. The molecule has 2 rings (SSSR count). The van der Waals surface area contributed by atoms with E-state index >= 15 is 0 Å². The molecule has 1 aromatic carbocycles. The van der Waals surface area contributed by atoms with Gasteiger partial charge in [-0.05, 0) is 37.6 Å². The highest BCUT2D eigenvalue weighted by Gasteiger charge is 2.24. The molecule has 0 bridgehead atoms. The summed E-state index contributed by atoms with van der Waals surface area (Å²) in [5, 5.41) is 13.9. The summed E-state index contributed by atoms with van der Waals surface area (Å²) in [7, 11) is 1.97. The van der Waals surface area contributed by atoms with Crippen LogP contribution in [0.5, 0.6) is 0 Å². The molecule has 0 amide bonds. The summed E-state index contributed by atoms with van der Waals surface area (Å²) < 4.78 is 5.94. The molecule has 0 radical (unpaired) electrons. The quantitative estimate of drug-likeness (QED) is 0.656. The van der Waals surface area contributed by atoms with Gasteiger partial charge in [0, 0.05) is 18.2 Å². The third-order valence-corrected chi connectivity index (χ3v) is 3.68. The molecule has 0 heterocycles. The molecule has 2 atom stereocenters. The smallest absolute Gasteiger partial charge is 0.269 e. The molecule has 0 spiro atoms. The van der Waals surface area contributed by atoms with E-state index in [9.17, 15) is 10.1 Å². The van der Waals surface area contributed by atoms with Gasteiger partial charge in [0.25, 0.3) is 5.69 Å². The number of hydrogen-bond donors (Lipinski definition) is 1. The number of nitrogens with one attached hydrogen (secondary N) is 1. The molecule has 5 nitrogen and oxygen atoms in total. The summed E-state index contributed by atoms with van der Waals surface area (Å²) >= 11 is 0. The number of rotatable bonds is 5. The number of ether oxygens (including phenoxy) is 1. The van der Waals surface area contributed by atoms with Crippen molar-refractivity contribution >= 4 is 5.69 Å². The maximum Gasteiger partial charge on any atom is 0.269 e. The Kier molecular flexibility index (Phi) is 4.87. The zero-order chi connectivity index (χ0) is 13.7. The van der Waals surface area contributed by atoms with Crippen molar-refractivity contribution in [1.29, 1.82) is 0 Å². The Hall–Kier alpha value is -1.46. The molecule has 1 aliphatic carbocycles. The minimum absolute atomic E-state index is 0.120. The number of nitrogens with zero attached hydrogens (tertiary/aromatic N) is 1. The number of hydrogen-bond acceptors (Lipinski definition) is 4. The van der Waals surface area contributed by atoms with Crippen LogP contribution in [0.4, 0.5) is 5.69 Å². The summed E-state index contributed by atoms with van der Waals surface area (Å²) in [6, 6.07) is 6.99. The third-order valence-electron chi connectivity index (χ3n) is 3.68. The first-order chi connectivity index (χ1) is 9.20. The fraction of sp³-hybridized carbons (Fsp3) is 0.571. The van der Waals surface area contributed by atoms with Gasteiger partial charge in [0.1, 0.15) is 0 Å². The van der Waals surface area contributed by atoms with Gasteiger partial charge in [-0.15, -0.1) is 0 Å². The van der Waals surface area contributed by atoms with Gasteiger partial charge in [0.2, 0.25) is 0 Å². The van der Waals surface area contributed by atoms with Crippen LogP contribution in [0.25, 0.3) is 0 Å². The second-order valence-electron chi connectivity index (χ2n) is 4.95. The Morgan fingerprint density at radius 1 is 1.32 bits per heavy atom. The van der Waals surface area contributed by atoms with Crippen molar-refractivity contribution in [1.82, 2.24) is 5.32 Å². The van der Waals surface area contributed by atoms with Crippen molar-refractivity contribution in [3.63, 3.8) is 0 Å². The second-order valence-corrected chi connectivity index (χ2v) is 4.95. The van der Waals surface area contributed by atoms with Gasteiger partial charge in [0.05, 0.1) is 17.6 Å². The van der Waals surface area contributed by atoms with Crippen LogP contribution in [0.15, 0.2) is 24.3 Å². The first-order valence-corrected chi connectivity index (χ1v) is 6.73. The van der Waals surface area contributed by atoms with E-state index in [4.69, 9.17) is 4.74 Å². The molecule has 104 valence electrons. The maximum atomic E-state index is 10.6. The van der Waals surface area contributed by atoms with Crippen LogP contribution in [0.3, 0.4) is 0 Å². The van der Waals surface area contributed by atoms with Gasteiger partial charge < -0.3 is 10.1 Å². The molecule has 19 heavy (non-hydrogen) atoms. The Morgan fingerprint density at radius 2 is 2.00 bits per heavy atom. The van der Waals surface area contributed by atoms with Crippen LogP contribution in [0.1, 0.15) is 31.2 Å². The minimum atomic E-state index is -0.386. The molecule has 1 aliphatic rings. The lowest BCUT2D eigenvalue weighted by atomic mass is 9.92. The summed E-state index contributed by atoms with van der Waals surface area (Å²) in [5.74, 6) is 0. The average Bonchev–Trinajstić information content (AvgIpc) is 2.45. The predicted molar refractivity (Wildman–Crippen MR) is 73.0 cm³/mol. The molecule has 0 saturated heterocycles. The van der Waals surface area contributed by atoms with Crippen LogP contribution in [0, 0.1) is 10.1 Å². The Bertz CT molecular complexity index is 419. The monoisotopic (exact) mass is 264 g/mol. The predicted octanol–water partition coefficient (Wildman–Crippen LogP) is 2.64. The zero-order valence-electron chi connectivity index (χ0n) is 11.2. The third kappa shape index (κ3) is 3.75. The topological polar surface area (TPSA) is 64.4 Å². The van der Waals surface area contributed by atoms with Crippen molar-refractivity contribution in [3.05, 3.63) is 39.9 Å². The van der Waals surface area contributed by atoms with Gasteiger partial charge in [-0.3, -0.25) is 10.1 Å². The van der Waals surface area contributed by atoms with E-state index in [1.54, 1.807) is 12.1 Å². The normalized spacial score (nSPS) is 23.2. The highest BCUT2D eigenvalue weighted by Crippen LogP contribution is 2.22. The standard InChI is InChI=1S/C14H20N2O3/c1-15-13-4-2-3-5-14(13)19-10-11-6-8-12(9-7-11)16(17)18/h6-9,13-15H,2-5,10H2,1H3. The van der Waals surface area contributed by atoms with Crippen LogP contribution in [0.2, 0.25) is 0 Å². The van der Waals surface area contributed by atoms with Crippen LogP contribution < -0.4 is 5.32 Å². The summed E-state index contributed by atoms with van der Waals surface area (Å²) in [6.45, 7) is 0.515. The first kappa shape index (κ1) is 14.0. The van der Waals surface area contributed by atoms with E-state index in [0.29, 0.717) is 12.6 Å². The lowest BCUT2D eigenvalue weighted by Gasteiger charge is -2.31. The van der Waals surface area contributed by atoms with E-state index in [2.05, 4.69) is 5.32 Å². The van der Waals surface area contributed by atoms with Gasteiger partial charge in [-0.1, -0.05) is 12.8 Å². The second kappa shape index (κ2) is 6.63. The molecule has 5 heteroatoms. The average molecular weight is 264 g/mol. The zero-order valence-corrected chi connectivity index (χ0v) is 11.2. The summed E-state index contributed by atoms with van der Waals surface area (Å²) in [6.07, 6.45) is 4.94. The fourth-order valence-corrected chi connectivity index (χ4v) is 2.54. The van der Waals surface area contributed by atoms with Crippen molar-refractivity contribution in [2.75, 3.05) is 7.05 Å². The highest BCUT2D eigenvalue weighted by atomic mass is 16.6. The SMILES string of the molecule is CNC1CCCCC1OCc1ccc([N+](=O)[O-])cc1. The molecular weight excluding hydrogens is 244 g/mol. The van der Waals surface area contributed by atoms with Crippen LogP contribution in [-0.4, -0.2) is 24.1 Å². The maximum absolute atomic E-state index is 10.6. The molecule has 1 fully saturated rings. The van der Waals surface area contributed by atoms with Crippen molar-refractivity contribution in [2.24, 2.45) is 0 Å². The molecule has 1 N–H and O–H groups in total. The lowest BCUT2D eigenvalue weighted by molar-refractivity contribution is -0.384. The first-order valence-electron chi connectivity index (χ1n) is 6.73. The fourth-order valence-electron chi connectivity index (χ4n) is 2.54. The molecule has 1 aromatic rings. The van der Waals surface area contributed by atoms with E-state index < -0.39 is 0 Å². The summed E-state index contributed by atoms with van der Waals surface area (Å²) in [5.41, 5.74) is 1.10. The molecule has 1 saturated carbocycles. The van der Waals surface area contributed by atoms with E-state index in [0.717, 1.165) is 18.4 Å². The largest absolute Gasteiger partial charge is 0.372 e. The van der Waals surface area contributed by atoms with Gasteiger partial charge in [0.15, 0.2) is 0 Å². The number of nitro benzene ring substituents is 1. The number of likely N-dealkylation sites (N-methyl/N-ethyl adjacent to an activating group) is 1. The van der Waals surface area contributed by atoms with Crippen LogP contribution in [-0.2, 0) is 11.3 Å². The minimum Gasteiger partial charge on any atom is -0.372 e. The van der Waals surface area contributed by atoms with Gasteiger partial charge in [-0.2, -0.15) is 0 Å². The van der Waals surface area contributed by atoms with E-state index in [1.165, 1.54) is 25.0 Å². The van der Waals surface area contributed by atoms with E-state index in [1.807, 2.05) is 7.05 Å². The van der Waals surface area contributed by atoms with Crippen molar-refractivity contribution in [2.45, 2.75) is 44.4 Å². The molecule has 0 aliphatic heterocycles. The molecule has 2 unspecified atom stereocenters. The van der Waals surface area contributed by atoms with E-state index in [-0.39, 0.29) is 16.7 Å². The van der Waals surface area contributed by atoms with Gasteiger partial charge in [-0.25, -0.2) is 0 Å². The number of benzene rings is 1. The number of nitro groups is 1. The Balaban J connectivity index is 1.88. The lowest BCUT2D eigenvalue weighted by Crippen LogP contribution is -2.41. The Labute approximate surface area is 113 Å². The van der Waals surface area contributed by atoms with Crippen molar-refractivity contribution < 1.29 is 9.66 Å². The van der Waals surface area contributed by atoms with Gasteiger partial charge >= 0.3 is 0 Å².